The summed E-state index contributed by atoms with van der Waals surface area (Å²) in [4.78, 5) is 12.2. The summed E-state index contributed by atoms with van der Waals surface area (Å²) < 4.78 is 0. The Balaban J connectivity index is 1.68. The molecule has 1 aliphatic carbocycles. The van der Waals surface area contributed by atoms with Crippen LogP contribution in [0.15, 0.2) is 48.5 Å². The van der Waals surface area contributed by atoms with E-state index in [9.17, 15) is 4.79 Å². The second-order valence-corrected chi connectivity index (χ2v) is 6.37. The largest absolute Gasteiger partial charge is 0.325 e. The summed E-state index contributed by atoms with van der Waals surface area (Å²) >= 11 is 5.90. The molecule has 0 unspecified atom stereocenters. The molecule has 0 heterocycles. The highest BCUT2D eigenvalue weighted by molar-refractivity contribution is 6.31. The van der Waals surface area contributed by atoms with Crippen LogP contribution in [0.25, 0.3) is 0 Å². The number of nitrogens with one attached hydrogen (secondary N) is 1. The third-order valence-electron chi connectivity index (χ3n) is 4.43. The molecule has 3 nitrogen and oxygen atoms in total. The van der Waals surface area contributed by atoms with Crippen molar-refractivity contribution in [3.8, 4) is 0 Å². The van der Waals surface area contributed by atoms with Crippen LogP contribution < -0.4 is 11.1 Å². The summed E-state index contributed by atoms with van der Waals surface area (Å²) in [6.45, 7) is 2.12. The van der Waals surface area contributed by atoms with Crippen molar-refractivity contribution in [3.63, 3.8) is 0 Å². The van der Waals surface area contributed by atoms with Gasteiger partial charge in [0.25, 0.3) is 5.91 Å². The van der Waals surface area contributed by atoms with Crippen molar-refractivity contribution < 1.29 is 4.79 Å². The van der Waals surface area contributed by atoms with Gasteiger partial charge in [-0.2, -0.15) is 0 Å². The minimum absolute atomic E-state index is 0.0362. The number of benzene rings is 2. The zero-order chi connectivity index (χ0) is 15.7. The maximum absolute atomic E-state index is 12.2. The highest BCUT2D eigenvalue weighted by Crippen LogP contribution is 2.51. The van der Waals surface area contributed by atoms with Gasteiger partial charge < -0.3 is 11.1 Å². The summed E-state index contributed by atoms with van der Waals surface area (Å²) in [5.74, 6) is 0.276. The molecule has 0 radical (unpaired) electrons. The SMILES string of the molecule is CC[C@@]1(N)C[C@H]1c1ccc(NC(=O)c2cccc(Cl)c2)cc1. The normalized spacial score (nSPS) is 23.1. The molecule has 1 fully saturated rings. The van der Waals surface area contributed by atoms with E-state index in [-0.39, 0.29) is 11.4 Å². The lowest BCUT2D eigenvalue weighted by molar-refractivity contribution is 0.102. The van der Waals surface area contributed by atoms with Gasteiger partial charge in [0.15, 0.2) is 0 Å². The first-order valence-corrected chi connectivity index (χ1v) is 7.85. The molecule has 0 saturated heterocycles. The Labute approximate surface area is 135 Å². The van der Waals surface area contributed by atoms with Crippen LogP contribution in [0.3, 0.4) is 0 Å². The molecule has 0 bridgehead atoms. The Morgan fingerprint density at radius 2 is 2.05 bits per heavy atom. The average Bonchev–Trinajstić information content (AvgIpc) is 3.21. The van der Waals surface area contributed by atoms with Crippen molar-refractivity contribution in [3.05, 3.63) is 64.7 Å². The molecule has 0 spiro atoms. The van der Waals surface area contributed by atoms with Gasteiger partial charge in [0.2, 0.25) is 0 Å². The van der Waals surface area contributed by atoms with Crippen molar-refractivity contribution in [1.29, 1.82) is 0 Å². The van der Waals surface area contributed by atoms with Crippen molar-refractivity contribution in [1.82, 2.24) is 0 Å². The monoisotopic (exact) mass is 314 g/mol. The van der Waals surface area contributed by atoms with Gasteiger partial charge in [-0.15, -0.1) is 0 Å². The topological polar surface area (TPSA) is 55.1 Å². The van der Waals surface area contributed by atoms with E-state index in [0.29, 0.717) is 16.5 Å². The molecule has 1 amide bonds. The van der Waals surface area contributed by atoms with E-state index in [0.717, 1.165) is 18.5 Å². The van der Waals surface area contributed by atoms with Crippen LogP contribution in [0.1, 0.15) is 41.6 Å². The number of carbonyl (C=O) groups excluding carboxylic acids is 1. The predicted molar refractivity (Wildman–Crippen MR) is 90.4 cm³/mol. The minimum Gasteiger partial charge on any atom is -0.325 e. The molecule has 1 saturated carbocycles. The van der Waals surface area contributed by atoms with Crippen molar-refractivity contribution >= 4 is 23.2 Å². The standard InChI is InChI=1S/C18H19ClN2O/c1-2-18(20)11-16(18)12-6-8-15(9-7-12)21-17(22)13-4-3-5-14(19)10-13/h3-10,16H,2,11,20H2,1H3,(H,21,22)/t16-,18+/m0/s1. The molecule has 4 heteroatoms. The maximum atomic E-state index is 12.2. The maximum Gasteiger partial charge on any atom is 0.255 e. The Hall–Kier alpha value is -1.84. The summed E-state index contributed by atoms with van der Waals surface area (Å²) in [5, 5.41) is 3.43. The zero-order valence-corrected chi connectivity index (χ0v) is 13.2. The van der Waals surface area contributed by atoms with E-state index in [1.54, 1.807) is 24.3 Å². The Morgan fingerprint density at radius 1 is 1.32 bits per heavy atom. The molecular formula is C18H19ClN2O. The lowest BCUT2D eigenvalue weighted by Gasteiger charge is -2.09. The molecule has 0 aliphatic heterocycles. The van der Waals surface area contributed by atoms with Crippen LogP contribution in [-0.2, 0) is 0 Å². The van der Waals surface area contributed by atoms with Crippen LogP contribution in [-0.4, -0.2) is 11.4 Å². The molecule has 2 aromatic carbocycles. The lowest BCUT2D eigenvalue weighted by atomic mass is 10.0. The van der Waals surface area contributed by atoms with Crippen LogP contribution in [0, 0.1) is 0 Å². The van der Waals surface area contributed by atoms with Crippen molar-refractivity contribution in [2.24, 2.45) is 5.73 Å². The zero-order valence-electron chi connectivity index (χ0n) is 12.5. The second-order valence-electron chi connectivity index (χ2n) is 5.93. The molecule has 1 aliphatic rings. The van der Waals surface area contributed by atoms with Gasteiger partial charge in [-0.25, -0.2) is 0 Å². The fourth-order valence-electron chi connectivity index (χ4n) is 2.79. The molecule has 2 aromatic rings. The van der Waals surface area contributed by atoms with Crippen molar-refractivity contribution in [2.75, 3.05) is 5.32 Å². The van der Waals surface area contributed by atoms with Gasteiger partial charge in [-0.1, -0.05) is 36.7 Å². The molecule has 22 heavy (non-hydrogen) atoms. The van der Waals surface area contributed by atoms with Gasteiger partial charge in [-0.3, -0.25) is 4.79 Å². The number of hydrogen-bond acceptors (Lipinski definition) is 2. The first-order valence-electron chi connectivity index (χ1n) is 7.47. The van der Waals surface area contributed by atoms with E-state index in [4.69, 9.17) is 17.3 Å². The Bertz CT molecular complexity index is 698. The smallest absolute Gasteiger partial charge is 0.255 e. The third kappa shape index (κ3) is 3.01. The fourth-order valence-corrected chi connectivity index (χ4v) is 2.98. The van der Waals surface area contributed by atoms with E-state index in [1.165, 1.54) is 5.56 Å². The fraction of sp³-hybridized carbons (Fsp3) is 0.278. The Kier molecular flexibility index (Phi) is 3.94. The van der Waals surface area contributed by atoms with Gasteiger partial charge in [0.1, 0.15) is 0 Å². The minimum atomic E-state index is -0.164. The van der Waals surface area contributed by atoms with Crippen LogP contribution >= 0.6 is 11.6 Å². The third-order valence-corrected chi connectivity index (χ3v) is 4.67. The number of carbonyl (C=O) groups is 1. The molecule has 114 valence electrons. The van der Waals surface area contributed by atoms with E-state index >= 15 is 0 Å². The number of amides is 1. The van der Waals surface area contributed by atoms with E-state index < -0.39 is 0 Å². The lowest BCUT2D eigenvalue weighted by Crippen LogP contribution is -2.22. The van der Waals surface area contributed by atoms with Gasteiger partial charge in [-0.05, 0) is 48.7 Å². The molecular weight excluding hydrogens is 296 g/mol. The number of hydrogen-bond donors (Lipinski definition) is 2. The quantitative estimate of drug-likeness (QED) is 0.889. The van der Waals surface area contributed by atoms with Crippen LogP contribution in [0.2, 0.25) is 5.02 Å². The summed E-state index contributed by atoms with van der Waals surface area (Å²) in [5.41, 5.74) is 8.77. The van der Waals surface area contributed by atoms with Crippen LogP contribution in [0.4, 0.5) is 5.69 Å². The first-order chi connectivity index (χ1) is 10.5. The second kappa shape index (κ2) is 5.75. The van der Waals surface area contributed by atoms with Gasteiger partial charge in [0.05, 0.1) is 0 Å². The predicted octanol–water partition coefficient (Wildman–Crippen LogP) is 4.19. The molecule has 0 aromatic heterocycles. The number of halogens is 1. The average molecular weight is 315 g/mol. The molecule has 2 atom stereocenters. The van der Waals surface area contributed by atoms with Crippen molar-refractivity contribution in [2.45, 2.75) is 31.2 Å². The van der Waals surface area contributed by atoms with Crippen LogP contribution in [0.5, 0.6) is 0 Å². The molecule has 3 rings (SSSR count). The van der Waals surface area contributed by atoms with E-state index in [1.807, 2.05) is 24.3 Å². The number of nitrogens with two attached hydrogens (primary N) is 1. The van der Waals surface area contributed by atoms with E-state index in [2.05, 4.69) is 12.2 Å². The summed E-state index contributed by atoms with van der Waals surface area (Å²) in [7, 11) is 0. The number of rotatable bonds is 4. The van der Waals surface area contributed by atoms with Gasteiger partial charge >= 0.3 is 0 Å². The number of anilines is 1. The summed E-state index contributed by atoms with van der Waals surface area (Å²) in [6, 6.07) is 14.8. The highest BCUT2D eigenvalue weighted by Gasteiger charge is 2.49. The first kappa shape index (κ1) is 15.1. The molecule has 3 N–H and O–H groups in total. The summed E-state index contributed by atoms with van der Waals surface area (Å²) in [6.07, 6.45) is 2.03. The van der Waals surface area contributed by atoms with Gasteiger partial charge in [0, 0.05) is 27.7 Å². The highest BCUT2D eigenvalue weighted by atomic mass is 35.5. The Morgan fingerprint density at radius 3 is 2.64 bits per heavy atom.